The monoisotopic (exact) mass is 542 g/mol. The van der Waals surface area contributed by atoms with E-state index in [1.165, 1.54) is 11.1 Å². The first-order valence-electron chi connectivity index (χ1n) is 9.73. The summed E-state index contributed by atoms with van der Waals surface area (Å²) in [4.78, 5) is 9.16. The number of halogens is 2. The summed E-state index contributed by atoms with van der Waals surface area (Å²) in [6.45, 7) is 6.46. The molecule has 1 heterocycles. The predicted molar refractivity (Wildman–Crippen MR) is 131 cm³/mol. The lowest BCUT2D eigenvalue weighted by atomic mass is 10.1. The summed E-state index contributed by atoms with van der Waals surface area (Å²) in [5.74, 6) is 0.997. The topological polar surface area (TPSA) is 67.9 Å². The number of nitrogens with zero attached hydrogens (tertiary/aromatic N) is 2. The van der Waals surface area contributed by atoms with Gasteiger partial charge in [0.1, 0.15) is 5.52 Å². The number of oxazole rings is 1. The Bertz CT molecular complexity index is 1310. The molecule has 0 aliphatic carbocycles. The lowest BCUT2D eigenvalue weighted by Crippen LogP contribution is -1.95. The van der Waals surface area contributed by atoms with Crippen LogP contribution in [-0.2, 0) is 0 Å². The van der Waals surface area contributed by atoms with Crippen molar-refractivity contribution >= 4 is 54.9 Å². The van der Waals surface area contributed by atoms with Crippen LogP contribution < -0.4 is 4.74 Å². The number of aromatic nitrogens is 1. The van der Waals surface area contributed by atoms with Gasteiger partial charge in [-0.2, -0.15) is 0 Å². The number of hydrogen-bond acceptors (Lipinski definition) is 5. The van der Waals surface area contributed by atoms with Crippen LogP contribution in [0.5, 0.6) is 11.5 Å². The van der Waals surface area contributed by atoms with Gasteiger partial charge in [0, 0.05) is 20.7 Å². The van der Waals surface area contributed by atoms with Gasteiger partial charge in [0.25, 0.3) is 0 Å². The number of ether oxygens (including phenoxy) is 1. The second kappa shape index (κ2) is 8.85. The molecule has 0 unspecified atom stereocenters. The third-order valence-electron chi connectivity index (χ3n) is 4.96. The van der Waals surface area contributed by atoms with Crippen LogP contribution in [0, 0.1) is 13.8 Å². The van der Waals surface area contributed by atoms with Crippen molar-refractivity contribution in [3.8, 4) is 23.0 Å². The highest BCUT2D eigenvalue weighted by molar-refractivity contribution is 9.13. The van der Waals surface area contributed by atoms with E-state index in [0.717, 1.165) is 15.6 Å². The summed E-state index contributed by atoms with van der Waals surface area (Å²) in [7, 11) is 0. The Morgan fingerprint density at radius 1 is 1.10 bits per heavy atom. The number of phenols is 1. The number of aromatic hydroxyl groups is 1. The number of aliphatic imine (C=N–C) groups is 1. The Kier molecular flexibility index (Phi) is 6.16. The van der Waals surface area contributed by atoms with Crippen molar-refractivity contribution in [1.29, 1.82) is 0 Å². The van der Waals surface area contributed by atoms with E-state index in [-0.39, 0.29) is 5.75 Å². The molecule has 0 fully saturated rings. The van der Waals surface area contributed by atoms with Gasteiger partial charge in [0.05, 0.1) is 17.9 Å². The number of benzene rings is 3. The highest BCUT2D eigenvalue weighted by Crippen LogP contribution is 2.40. The molecule has 0 atom stereocenters. The molecule has 4 aromatic rings. The molecule has 3 aromatic carbocycles. The van der Waals surface area contributed by atoms with E-state index in [4.69, 9.17) is 9.15 Å². The van der Waals surface area contributed by atoms with E-state index in [1.807, 2.05) is 31.2 Å². The molecule has 1 aromatic heterocycles. The Balaban J connectivity index is 1.68. The number of aryl methyl sites for hydroxylation is 2. The number of phenolic OH excluding ortho intramolecular Hbond substituents is 1. The molecule has 5 nitrogen and oxygen atoms in total. The standard InChI is InChI=1S/C24H20Br2N2O3/c1-4-30-21-11-18(25)22(26)17(23(21)29)12-27-16-7-8-20-19(10-16)28-24(31-20)15-6-5-13(2)14(3)9-15/h5-12,29H,4H2,1-3H3. The lowest BCUT2D eigenvalue weighted by Gasteiger charge is -2.11. The van der Waals surface area contributed by atoms with Crippen LogP contribution in [0.2, 0.25) is 0 Å². The van der Waals surface area contributed by atoms with Crippen LogP contribution in [0.3, 0.4) is 0 Å². The molecule has 0 saturated carbocycles. The number of rotatable bonds is 5. The molecule has 0 radical (unpaired) electrons. The van der Waals surface area contributed by atoms with Crippen molar-refractivity contribution in [1.82, 2.24) is 4.98 Å². The van der Waals surface area contributed by atoms with Crippen LogP contribution >= 0.6 is 31.9 Å². The number of hydrogen-bond donors (Lipinski definition) is 1. The summed E-state index contributed by atoms with van der Waals surface area (Å²) < 4.78 is 12.9. The molecule has 0 saturated heterocycles. The van der Waals surface area contributed by atoms with Gasteiger partial charge in [-0.3, -0.25) is 4.99 Å². The van der Waals surface area contributed by atoms with Gasteiger partial charge in [0.2, 0.25) is 5.89 Å². The average molecular weight is 544 g/mol. The lowest BCUT2D eigenvalue weighted by molar-refractivity contribution is 0.317. The maximum atomic E-state index is 10.6. The Hall–Kier alpha value is -2.64. The molecule has 0 spiro atoms. The van der Waals surface area contributed by atoms with E-state index >= 15 is 0 Å². The molecular formula is C24H20Br2N2O3. The van der Waals surface area contributed by atoms with E-state index in [9.17, 15) is 5.11 Å². The molecule has 7 heteroatoms. The fourth-order valence-electron chi connectivity index (χ4n) is 3.13. The maximum Gasteiger partial charge on any atom is 0.227 e. The van der Waals surface area contributed by atoms with Crippen LogP contribution in [-0.4, -0.2) is 22.9 Å². The Labute approximate surface area is 197 Å². The average Bonchev–Trinajstić information content (AvgIpc) is 3.17. The SMILES string of the molecule is CCOc1cc(Br)c(Br)c(C=Nc2ccc3oc(-c4ccc(C)c(C)c4)nc3c2)c1O. The van der Waals surface area contributed by atoms with Crippen LogP contribution in [0.25, 0.3) is 22.6 Å². The van der Waals surface area contributed by atoms with Crippen molar-refractivity contribution < 1.29 is 14.3 Å². The first-order chi connectivity index (χ1) is 14.9. The molecule has 0 aliphatic heterocycles. The van der Waals surface area contributed by atoms with E-state index in [2.05, 4.69) is 67.8 Å². The molecule has 1 N–H and O–H groups in total. The van der Waals surface area contributed by atoms with Gasteiger partial charge in [-0.25, -0.2) is 4.98 Å². The summed E-state index contributed by atoms with van der Waals surface area (Å²) in [6.07, 6.45) is 1.60. The van der Waals surface area contributed by atoms with E-state index < -0.39 is 0 Å². The zero-order valence-corrected chi connectivity index (χ0v) is 20.4. The smallest absolute Gasteiger partial charge is 0.227 e. The normalized spacial score (nSPS) is 11.5. The van der Waals surface area contributed by atoms with Crippen molar-refractivity contribution in [2.75, 3.05) is 6.61 Å². The van der Waals surface area contributed by atoms with Gasteiger partial charge in [-0.05, 0) is 100 Å². The Morgan fingerprint density at radius 3 is 2.65 bits per heavy atom. The zero-order chi connectivity index (χ0) is 22.1. The van der Waals surface area contributed by atoms with Gasteiger partial charge in [0.15, 0.2) is 17.1 Å². The predicted octanol–water partition coefficient (Wildman–Crippen LogP) is 7.49. The molecule has 0 bridgehead atoms. The summed E-state index contributed by atoms with van der Waals surface area (Å²) in [5, 5.41) is 10.6. The summed E-state index contributed by atoms with van der Waals surface area (Å²) >= 11 is 6.96. The molecule has 0 aliphatic rings. The first-order valence-corrected chi connectivity index (χ1v) is 11.3. The second-order valence-corrected chi connectivity index (χ2v) is 8.74. The molecular weight excluding hydrogens is 524 g/mol. The van der Waals surface area contributed by atoms with Gasteiger partial charge < -0.3 is 14.3 Å². The molecule has 158 valence electrons. The highest BCUT2D eigenvalue weighted by Gasteiger charge is 2.15. The van der Waals surface area contributed by atoms with Crippen LogP contribution in [0.1, 0.15) is 23.6 Å². The fraction of sp³-hybridized carbons (Fsp3) is 0.167. The third kappa shape index (κ3) is 4.38. The van der Waals surface area contributed by atoms with E-state index in [1.54, 1.807) is 12.3 Å². The minimum absolute atomic E-state index is 0.0280. The van der Waals surface area contributed by atoms with Crippen molar-refractivity contribution in [3.05, 3.63) is 68.1 Å². The molecule has 0 amide bonds. The second-order valence-electron chi connectivity index (χ2n) is 7.09. The van der Waals surface area contributed by atoms with Gasteiger partial charge in [-0.1, -0.05) is 6.07 Å². The van der Waals surface area contributed by atoms with Crippen molar-refractivity contribution in [2.45, 2.75) is 20.8 Å². The fourth-order valence-corrected chi connectivity index (χ4v) is 3.95. The molecule has 31 heavy (non-hydrogen) atoms. The van der Waals surface area contributed by atoms with Crippen molar-refractivity contribution in [3.63, 3.8) is 0 Å². The van der Waals surface area contributed by atoms with Gasteiger partial charge in [-0.15, -0.1) is 0 Å². The third-order valence-corrected chi connectivity index (χ3v) is 6.97. The van der Waals surface area contributed by atoms with Gasteiger partial charge >= 0.3 is 0 Å². The minimum atomic E-state index is 0.0280. The summed E-state index contributed by atoms with van der Waals surface area (Å²) in [6, 6.07) is 13.4. The largest absolute Gasteiger partial charge is 0.504 e. The van der Waals surface area contributed by atoms with Crippen molar-refractivity contribution in [2.24, 2.45) is 4.99 Å². The minimum Gasteiger partial charge on any atom is -0.504 e. The zero-order valence-electron chi connectivity index (χ0n) is 17.2. The van der Waals surface area contributed by atoms with E-state index in [0.29, 0.717) is 39.6 Å². The van der Waals surface area contributed by atoms with Crippen LogP contribution in [0.15, 0.2) is 60.8 Å². The maximum absolute atomic E-state index is 10.6. The highest BCUT2D eigenvalue weighted by atomic mass is 79.9. The first kappa shape index (κ1) is 21.6. The van der Waals surface area contributed by atoms with Crippen LogP contribution in [0.4, 0.5) is 5.69 Å². The Morgan fingerprint density at radius 2 is 1.90 bits per heavy atom. The molecule has 4 rings (SSSR count). The summed E-state index contributed by atoms with van der Waals surface area (Å²) in [5.41, 5.74) is 5.98. The quantitative estimate of drug-likeness (QED) is 0.265. The number of fused-ring (bicyclic) bond motifs is 1.